The Morgan fingerprint density at radius 1 is 1.28 bits per heavy atom. The van der Waals surface area contributed by atoms with Crippen molar-refractivity contribution in [1.82, 2.24) is 10.0 Å². The summed E-state index contributed by atoms with van der Waals surface area (Å²) in [5.41, 5.74) is 0.954. The molecule has 18 heavy (non-hydrogen) atoms. The molecule has 1 aromatic rings. The topological polar surface area (TPSA) is 61.1 Å². The highest BCUT2D eigenvalue weighted by molar-refractivity contribution is 6.09. The number of pyridine rings is 1. The van der Waals surface area contributed by atoms with E-state index in [-0.39, 0.29) is 5.54 Å². The first-order valence-electron chi connectivity index (χ1n) is 5.71. The molecule has 1 aliphatic heterocycles. The van der Waals surface area contributed by atoms with Gasteiger partial charge in [-0.2, -0.15) is 0 Å². The minimum Gasteiger partial charge on any atom is -0.288 e. The first kappa shape index (κ1) is 12.4. The number of hydrogen-bond acceptors (Lipinski definition) is 5. The average molecular weight is 244 g/mol. The smallest absolute Gasteiger partial charge is 0.178 e. The molecule has 1 aromatic heterocycles. The molecule has 1 aliphatic rings. The summed E-state index contributed by atoms with van der Waals surface area (Å²) in [6.07, 6.45) is 4.86. The zero-order chi connectivity index (χ0) is 13.2. The summed E-state index contributed by atoms with van der Waals surface area (Å²) in [6, 6.07) is 5.57. The second kappa shape index (κ2) is 4.70. The van der Waals surface area contributed by atoms with Crippen molar-refractivity contribution in [3.8, 4) is 0 Å². The molecule has 2 rings (SSSR count). The summed E-state index contributed by atoms with van der Waals surface area (Å²) < 4.78 is 0. The number of rotatable bonds is 2. The van der Waals surface area contributed by atoms with Crippen LogP contribution >= 0.6 is 0 Å². The van der Waals surface area contributed by atoms with E-state index in [1.165, 1.54) is 0 Å². The number of nitrogens with zero attached hydrogens (tertiary/aromatic N) is 4. The highest BCUT2D eigenvalue weighted by Gasteiger charge is 2.18. The van der Waals surface area contributed by atoms with Crippen LogP contribution in [0.4, 0.5) is 0 Å². The van der Waals surface area contributed by atoms with Gasteiger partial charge in [0.15, 0.2) is 5.84 Å². The molecule has 0 fully saturated rings. The molecule has 2 heterocycles. The number of aliphatic imine (C=N–C) groups is 2. The van der Waals surface area contributed by atoms with Gasteiger partial charge >= 0.3 is 0 Å². The fraction of sp³-hybridized carbons (Fsp3) is 0.308. The molecule has 0 unspecified atom stereocenters. The monoisotopic (exact) mass is 244 g/mol. The van der Waals surface area contributed by atoms with E-state index in [0.717, 1.165) is 10.8 Å². The molecule has 5 heteroatoms. The normalized spacial score (nSPS) is 17.1. The first-order valence-corrected chi connectivity index (χ1v) is 5.71. The molecule has 0 aliphatic carbocycles. The number of hydroxylamine groups is 2. The number of allylic oxidation sites excluding steroid dienone is 1. The van der Waals surface area contributed by atoms with Gasteiger partial charge in [0.1, 0.15) is 11.4 Å². The van der Waals surface area contributed by atoms with Gasteiger partial charge in [-0.15, -0.1) is 0 Å². The van der Waals surface area contributed by atoms with Crippen molar-refractivity contribution in [3.05, 3.63) is 42.0 Å². The summed E-state index contributed by atoms with van der Waals surface area (Å²) >= 11 is 0. The third kappa shape index (κ3) is 2.81. The highest BCUT2D eigenvalue weighted by Crippen LogP contribution is 2.15. The second-order valence-electron chi connectivity index (χ2n) is 4.98. The molecule has 0 bridgehead atoms. The lowest BCUT2D eigenvalue weighted by Gasteiger charge is -2.27. The fourth-order valence-electron chi connectivity index (χ4n) is 1.31. The molecule has 0 radical (unpaired) electrons. The molecular weight excluding hydrogens is 228 g/mol. The first-order chi connectivity index (χ1) is 8.47. The van der Waals surface area contributed by atoms with Crippen LogP contribution in [0.1, 0.15) is 26.5 Å². The van der Waals surface area contributed by atoms with Crippen LogP contribution in [-0.2, 0) is 0 Å². The Kier molecular flexibility index (Phi) is 3.25. The quantitative estimate of drug-likeness (QED) is 0.811. The maximum Gasteiger partial charge on any atom is 0.178 e. The number of amidine groups is 1. The molecular formula is C13H16N4O. The van der Waals surface area contributed by atoms with Crippen LogP contribution in [-0.4, -0.2) is 32.8 Å². The molecule has 0 saturated carbocycles. The van der Waals surface area contributed by atoms with Crippen LogP contribution in [0.15, 0.2) is 46.3 Å². The zero-order valence-electron chi connectivity index (χ0n) is 10.7. The van der Waals surface area contributed by atoms with Crippen molar-refractivity contribution in [2.75, 3.05) is 0 Å². The maximum atomic E-state index is 9.81. The Balaban J connectivity index is 2.20. The van der Waals surface area contributed by atoms with Crippen molar-refractivity contribution in [2.24, 2.45) is 9.98 Å². The van der Waals surface area contributed by atoms with Crippen LogP contribution in [0.25, 0.3) is 0 Å². The van der Waals surface area contributed by atoms with E-state index in [4.69, 9.17) is 0 Å². The Bertz CT molecular complexity index is 512. The van der Waals surface area contributed by atoms with Crippen molar-refractivity contribution >= 4 is 12.1 Å². The zero-order valence-corrected chi connectivity index (χ0v) is 10.7. The van der Waals surface area contributed by atoms with E-state index in [9.17, 15) is 5.21 Å². The third-order valence-electron chi connectivity index (χ3n) is 2.39. The van der Waals surface area contributed by atoms with Crippen LogP contribution in [0.2, 0.25) is 0 Å². The molecule has 0 spiro atoms. The van der Waals surface area contributed by atoms with Gasteiger partial charge in [-0.25, -0.2) is 9.98 Å². The second-order valence-corrected chi connectivity index (χ2v) is 4.98. The van der Waals surface area contributed by atoms with Crippen molar-refractivity contribution < 1.29 is 5.21 Å². The third-order valence-corrected chi connectivity index (χ3v) is 2.39. The standard InChI is InChI=1S/C13H16N4O/c1-13(2,3)17(18)9-10-8-15-12(16-10)11-6-4-5-7-14-11/h4-9,18H,1-3H3/b10-9+. The van der Waals surface area contributed by atoms with Gasteiger partial charge in [-0.05, 0) is 32.9 Å². The lowest BCUT2D eigenvalue weighted by molar-refractivity contribution is -0.110. The lowest BCUT2D eigenvalue weighted by Crippen LogP contribution is -2.34. The van der Waals surface area contributed by atoms with Crippen molar-refractivity contribution in [3.63, 3.8) is 0 Å². The van der Waals surface area contributed by atoms with Crippen LogP contribution in [0.3, 0.4) is 0 Å². The van der Waals surface area contributed by atoms with Gasteiger partial charge in [-0.1, -0.05) is 6.07 Å². The predicted molar refractivity (Wildman–Crippen MR) is 70.7 cm³/mol. The van der Waals surface area contributed by atoms with Gasteiger partial charge in [0, 0.05) is 6.20 Å². The van der Waals surface area contributed by atoms with Crippen LogP contribution < -0.4 is 0 Å². The van der Waals surface area contributed by atoms with E-state index >= 15 is 0 Å². The van der Waals surface area contributed by atoms with Gasteiger partial charge in [0.25, 0.3) is 0 Å². The van der Waals surface area contributed by atoms with Crippen molar-refractivity contribution in [2.45, 2.75) is 26.3 Å². The molecule has 0 atom stereocenters. The van der Waals surface area contributed by atoms with Crippen LogP contribution in [0, 0.1) is 0 Å². The highest BCUT2D eigenvalue weighted by atomic mass is 16.5. The maximum absolute atomic E-state index is 9.81. The summed E-state index contributed by atoms with van der Waals surface area (Å²) in [4.78, 5) is 12.7. The van der Waals surface area contributed by atoms with Gasteiger partial charge in [0.05, 0.1) is 18.0 Å². The van der Waals surface area contributed by atoms with Gasteiger partial charge in [0.2, 0.25) is 0 Å². The van der Waals surface area contributed by atoms with Gasteiger partial charge in [-0.3, -0.25) is 15.3 Å². The summed E-state index contributed by atoms with van der Waals surface area (Å²) in [7, 11) is 0. The Morgan fingerprint density at radius 3 is 2.67 bits per heavy atom. The van der Waals surface area contributed by atoms with E-state index < -0.39 is 0 Å². The number of hydrogen-bond donors (Lipinski definition) is 1. The van der Waals surface area contributed by atoms with E-state index in [2.05, 4.69) is 15.0 Å². The minimum atomic E-state index is -0.371. The van der Waals surface area contributed by atoms with E-state index in [0.29, 0.717) is 11.5 Å². The summed E-state index contributed by atoms with van der Waals surface area (Å²) in [6.45, 7) is 5.71. The molecule has 0 saturated heterocycles. The van der Waals surface area contributed by atoms with Gasteiger partial charge < -0.3 is 0 Å². The fourth-order valence-corrected chi connectivity index (χ4v) is 1.31. The van der Waals surface area contributed by atoms with E-state index in [1.807, 2.05) is 39.0 Å². The van der Waals surface area contributed by atoms with Crippen molar-refractivity contribution in [1.29, 1.82) is 0 Å². The largest absolute Gasteiger partial charge is 0.288 e. The Hall–Kier alpha value is -2.01. The predicted octanol–water partition coefficient (Wildman–Crippen LogP) is 2.24. The molecule has 0 aromatic carbocycles. The molecule has 5 nitrogen and oxygen atoms in total. The molecule has 0 amide bonds. The number of aromatic nitrogens is 1. The average Bonchev–Trinajstić information content (AvgIpc) is 2.77. The molecule has 94 valence electrons. The van der Waals surface area contributed by atoms with Crippen LogP contribution in [0.5, 0.6) is 0 Å². The summed E-state index contributed by atoms with van der Waals surface area (Å²) in [5, 5.41) is 10.9. The molecule has 1 N–H and O–H groups in total. The van der Waals surface area contributed by atoms with E-state index in [1.54, 1.807) is 18.6 Å². The lowest BCUT2D eigenvalue weighted by atomic mass is 10.1. The summed E-state index contributed by atoms with van der Waals surface area (Å²) in [5.74, 6) is 0.559. The Morgan fingerprint density at radius 2 is 2.06 bits per heavy atom. The SMILES string of the molecule is CC(C)(C)N(O)/C=C1\C=NC(c2ccccn2)=N1. The minimum absolute atomic E-state index is 0.371. The Labute approximate surface area is 106 Å².